The summed E-state index contributed by atoms with van der Waals surface area (Å²) in [6, 6.07) is 4.46. The van der Waals surface area contributed by atoms with E-state index in [1.54, 1.807) is 6.07 Å². The van der Waals surface area contributed by atoms with Crippen LogP contribution in [0, 0.1) is 0 Å². The van der Waals surface area contributed by atoms with Crippen molar-refractivity contribution in [1.29, 1.82) is 0 Å². The number of benzene rings is 1. The number of hydrogen-bond donors (Lipinski definition) is 5. The number of aromatic carboxylic acids is 1. The molecule has 70 valence electrons. The number of nitrogens with one attached hydrogen (secondary N) is 2. The molecule has 0 atom stereocenters. The summed E-state index contributed by atoms with van der Waals surface area (Å²) in [5.41, 5.74) is 5.64. The summed E-state index contributed by atoms with van der Waals surface area (Å²) in [6.07, 6.45) is 0. The minimum absolute atomic E-state index is 0.0986. The molecule has 6 nitrogen and oxygen atoms in total. The van der Waals surface area contributed by atoms with E-state index in [1.165, 1.54) is 12.1 Å². The second kappa shape index (κ2) is 3.74. The summed E-state index contributed by atoms with van der Waals surface area (Å²) < 4.78 is 0. The Kier molecular flexibility index (Phi) is 2.68. The summed E-state index contributed by atoms with van der Waals surface area (Å²) in [5.74, 6) is 9.22. The van der Waals surface area contributed by atoms with Crippen molar-refractivity contribution in [1.82, 2.24) is 0 Å². The first kappa shape index (κ1) is 9.30. The zero-order chi connectivity index (χ0) is 9.84. The second-order valence-corrected chi connectivity index (χ2v) is 2.35. The molecule has 7 N–H and O–H groups in total. The fraction of sp³-hybridized carbons (Fsp3) is 0. The summed E-state index contributed by atoms with van der Waals surface area (Å²) >= 11 is 0. The van der Waals surface area contributed by atoms with Crippen LogP contribution in [0.15, 0.2) is 18.2 Å². The van der Waals surface area contributed by atoms with Gasteiger partial charge in [-0.2, -0.15) is 0 Å². The SMILES string of the molecule is NNc1ccc(C(=O)O)c(NN)c1. The molecule has 0 amide bonds. The third-order valence-corrected chi connectivity index (χ3v) is 1.57. The lowest BCUT2D eigenvalue weighted by Crippen LogP contribution is -2.13. The van der Waals surface area contributed by atoms with Crippen LogP contribution < -0.4 is 22.5 Å². The average molecular weight is 182 g/mol. The van der Waals surface area contributed by atoms with Gasteiger partial charge in [-0.3, -0.25) is 11.7 Å². The first-order chi connectivity index (χ1) is 6.19. The summed E-state index contributed by atoms with van der Waals surface area (Å²) in [6.45, 7) is 0. The normalized spacial score (nSPS) is 9.38. The predicted octanol–water partition coefficient (Wildman–Crippen LogP) is -0.0440. The van der Waals surface area contributed by atoms with Crippen LogP contribution in [-0.2, 0) is 0 Å². The van der Waals surface area contributed by atoms with E-state index in [9.17, 15) is 4.79 Å². The van der Waals surface area contributed by atoms with E-state index in [2.05, 4.69) is 10.9 Å². The van der Waals surface area contributed by atoms with Crippen LogP contribution in [-0.4, -0.2) is 11.1 Å². The van der Waals surface area contributed by atoms with Crippen LogP contribution in [0.3, 0.4) is 0 Å². The first-order valence-electron chi connectivity index (χ1n) is 3.49. The van der Waals surface area contributed by atoms with Crippen LogP contribution in [0.4, 0.5) is 11.4 Å². The lowest BCUT2D eigenvalue weighted by Gasteiger charge is -2.07. The molecule has 1 rings (SSSR count). The summed E-state index contributed by atoms with van der Waals surface area (Å²) in [4.78, 5) is 10.6. The van der Waals surface area contributed by atoms with Gasteiger partial charge < -0.3 is 16.0 Å². The lowest BCUT2D eigenvalue weighted by atomic mass is 10.1. The molecule has 0 spiro atoms. The fourth-order valence-electron chi connectivity index (χ4n) is 0.940. The number of rotatable bonds is 3. The van der Waals surface area contributed by atoms with E-state index >= 15 is 0 Å². The average Bonchev–Trinajstić information content (AvgIpc) is 2.16. The summed E-state index contributed by atoms with van der Waals surface area (Å²) in [7, 11) is 0. The van der Waals surface area contributed by atoms with E-state index < -0.39 is 5.97 Å². The molecule has 6 heteroatoms. The Labute approximate surface area is 74.5 Å². The van der Waals surface area contributed by atoms with Crippen molar-refractivity contribution in [3.8, 4) is 0 Å². The van der Waals surface area contributed by atoms with E-state index in [4.69, 9.17) is 16.8 Å². The van der Waals surface area contributed by atoms with Gasteiger partial charge in [0, 0.05) is 0 Å². The van der Waals surface area contributed by atoms with Gasteiger partial charge in [0.2, 0.25) is 0 Å². The van der Waals surface area contributed by atoms with Gasteiger partial charge in [-0.15, -0.1) is 0 Å². The number of hydrazine groups is 2. The van der Waals surface area contributed by atoms with Gasteiger partial charge in [-0.25, -0.2) is 4.79 Å². The molecule has 0 radical (unpaired) electrons. The highest BCUT2D eigenvalue weighted by atomic mass is 16.4. The molecule has 1 aromatic rings. The van der Waals surface area contributed by atoms with E-state index in [0.29, 0.717) is 11.4 Å². The minimum Gasteiger partial charge on any atom is -0.478 e. The van der Waals surface area contributed by atoms with Crippen molar-refractivity contribution >= 4 is 17.3 Å². The van der Waals surface area contributed by atoms with E-state index in [1.807, 2.05) is 0 Å². The fourth-order valence-corrected chi connectivity index (χ4v) is 0.940. The molecule has 0 fully saturated rings. The highest BCUT2D eigenvalue weighted by Crippen LogP contribution is 2.19. The van der Waals surface area contributed by atoms with Gasteiger partial charge in [-0.05, 0) is 18.2 Å². The van der Waals surface area contributed by atoms with Crippen LogP contribution >= 0.6 is 0 Å². The molecular formula is C7H10N4O2. The molecule has 13 heavy (non-hydrogen) atoms. The number of carbonyl (C=O) groups is 1. The van der Waals surface area contributed by atoms with Gasteiger partial charge in [0.15, 0.2) is 0 Å². The number of anilines is 2. The van der Waals surface area contributed by atoms with Gasteiger partial charge in [-0.1, -0.05) is 0 Å². The molecule has 0 aliphatic carbocycles. The standard InChI is InChI=1S/C7H10N4O2/c8-10-4-1-2-5(7(12)13)6(3-4)11-9/h1-3,10-11H,8-9H2,(H,12,13). The molecule has 0 saturated carbocycles. The Balaban J connectivity index is 3.15. The third-order valence-electron chi connectivity index (χ3n) is 1.57. The van der Waals surface area contributed by atoms with Gasteiger partial charge >= 0.3 is 5.97 Å². The Morgan fingerprint density at radius 3 is 2.46 bits per heavy atom. The Morgan fingerprint density at radius 1 is 1.31 bits per heavy atom. The highest BCUT2D eigenvalue weighted by molar-refractivity contribution is 5.94. The highest BCUT2D eigenvalue weighted by Gasteiger charge is 2.08. The molecule has 0 aromatic heterocycles. The minimum atomic E-state index is -1.04. The number of carboxylic acid groups (broad SMARTS) is 1. The topological polar surface area (TPSA) is 113 Å². The Morgan fingerprint density at radius 2 is 2.00 bits per heavy atom. The number of nitrogens with two attached hydrogens (primary N) is 2. The Bertz CT molecular complexity index is 326. The smallest absolute Gasteiger partial charge is 0.337 e. The van der Waals surface area contributed by atoms with Crippen molar-refractivity contribution < 1.29 is 9.90 Å². The van der Waals surface area contributed by atoms with E-state index in [0.717, 1.165) is 0 Å². The first-order valence-corrected chi connectivity index (χ1v) is 3.49. The molecule has 0 aliphatic rings. The van der Waals surface area contributed by atoms with Crippen LogP contribution in [0.25, 0.3) is 0 Å². The molecule has 0 saturated heterocycles. The quantitative estimate of drug-likeness (QED) is 0.331. The van der Waals surface area contributed by atoms with Crippen LogP contribution in [0.2, 0.25) is 0 Å². The van der Waals surface area contributed by atoms with Crippen molar-refractivity contribution in [2.45, 2.75) is 0 Å². The Hall–Kier alpha value is -1.79. The molecule has 0 heterocycles. The monoisotopic (exact) mass is 182 g/mol. The predicted molar refractivity (Wildman–Crippen MR) is 49.0 cm³/mol. The van der Waals surface area contributed by atoms with Crippen molar-refractivity contribution in [2.24, 2.45) is 11.7 Å². The number of carboxylic acids is 1. The molecular weight excluding hydrogens is 172 g/mol. The van der Waals surface area contributed by atoms with Crippen LogP contribution in [0.1, 0.15) is 10.4 Å². The zero-order valence-electron chi connectivity index (χ0n) is 6.74. The number of nitrogen functional groups attached to an aromatic ring is 2. The van der Waals surface area contributed by atoms with Gasteiger partial charge in [0.25, 0.3) is 0 Å². The lowest BCUT2D eigenvalue weighted by molar-refractivity contribution is 0.0698. The summed E-state index contributed by atoms with van der Waals surface area (Å²) in [5, 5.41) is 8.71. The zero-order valence-corrected chi connectivity index (χ0v) is 6.74. The van der Waals surface area contributed by atoms with Crippen molar-refractivity contribution in [2.75, 3.05) is 10.9 Å². The maximum absolute atomic E-state index is 10.6. The van der Waals surface area contributed by atoms with Gasteiger partial charge in [0.05, 0.1) is 16.9 Å². The number of hydrogen-bond acceptors (Lipinski definition) is 5. The maximum Gasteiger partial charge on any atom is 0.337 e. The molecule has 0 aliphatic heterocycles. The van der Waals surface area contributed by atoms with Crippen molar-refractivity contribution in [3.05, 3.63) is 23.8 Å². The third kappa shape index (κ3) is 1.86. The van der Waals surface area contributed by atoms with Crippen molar-refractivity contribution in [3.63, 3.8) is 0 Å². The molecule has 0 bridgehead atoms. The molecule has 1 aromatic carbocycles. The largest absolute Gasteiger partial charge is 0.478 e. The van der Waals surface area contributed by atoms with Crippen LogP contribution in [0.5, 0.6) is 0 Å². The molecule has 0 unspecified atom stereocenters. The maximum atomic E-state index is 10.6. The van der Waals surface area contributed by atoms with E-state index in [-0.39, 0.29) is 5.56 Å². The van der Waals surface area contributed by atoms with Gasteiger partial charge in [0.1, 0.15) is 0 Å². The second-order valence-electron chi connectivity index (χ2n) is 2.35.